The Morgan fingerprint density at radius 3 is 2.56 bits per heavy atom. The van der Waals surface area contributed by atoms with Gasteiger partial charge < -0.3 is 10.8 Å². The number of hydrogen-bond acceptors (Lipinski definition) is 3. The summed E-state index contributed by atoms with van der Waals surface area (Å²) < 4.78 is 0. The average Bonchev–Trinajstić information content (AvgIpc) is 2.20. The van der Waals surface area contributed by atoms with Gasteiger partial charge in [-0.2, -0.15) is 0 Å². The van der Waals surface area contributed by atoms with E-state index in [2.05, 4.69) is 25.7 Å². The predicted octanol–water partition coefficient (Wildman–Crippen LogP) is 1.60. The summed E-state index contributed by atoms with van der Waals surface area (Å²) in [5.74, 6) is 0. The first-order valence-corrected chi connectivity index (χ1v) is 6.57. The molecule has 3 N–H and O–H groups in total. The van der Waals surface area contributed by atoms with Gasteiger partial charge in [-0.1, -0.05) is 27.2 Å². The van der Waals surface area contributed by atoms with Gasteiger partial charge in [0, 0.05) is 25.2 Å². The first-order valence-electron chi connectivity index (χ1n) is 6.57. The van der Waals surface area contributed by atoms with E-state index in [1.165, 1.54) is 19.3 Å². The topological polar surface area (TPSA) is 49.5 Å². The van der Waals surface area contributed by atoms with Crippen LogP contribution in [0.3, 0.4) is 0 Å². The Balaban J connectivity index is 2.71. The molecule has 0 radical (unpaired) electrons. The van der Waals surface area contributed by atoms with E-state index in [0.717, 1.165) is 13.0 Å². The molecule has 96 valence electrons. The smallest absolute Gasteiger partial charge is 0.0445 e. The highest BCUT2D eigenvalue weighted by Crippen LogP contribution is 2.30. The van der Waals surface area contributed by atoms with Crippen LogP contribution in [0.2, 0.25) is 0 Å². The molecular formula is C13H28N2O. The van der Waals surface area contributed by atoms with E-state index in [1.807, 2.05) is 0 Å². The maximum Gasteiger partial charge on any atom is 0.0445 e. The van der Waals surface area contributed by atoms with Gasteiger partial charge in [0.15, 0.2) is 0 Å². The van der Waals surface area contributed by atoms with Crippen LogP contribution in [0, 0.1) is 5.41 Å². The van der Waals surface area contributed by atoms with Crippen LogP contribution in [0.4, 0.5) is 0 Å². The minimum Gasteiger partial charge on any atom is -0.396 e. The van der Waals surface area contributed by atoms with Crippen molar-refractivity contribution in [2.24, 2.45) is 11.1 Å². The first-order chi connectivity index (χ1) is 7.50. The molecular weight excluding hydrogens is 200 g/mol. The van der Waals surface area contributed by atoms with Crippen molar-refractivity contribution in [2.75, 3.05) is 19.7 Å². The summed E-state index contributed by atoms with van der Waals surface area (Å²) in [6.45, 7) is 8.93. The van der Waals surface area contributed by atoms with Gasteiger partial charge in [-0.15, -0.1) is 0 Å². The molecule has 1 fully saturated rings. The summed E-state index contributed by atoms with van der Waals surface area (Å²) >= 11 is 0. The molecule has 0 aliphatic carbocycles. The monoisotopic (exact) mass is 228 g/mol. The molecule has 1 saturated heterocycles. The van der Waals surface area contributed by atoms with Gasteiger partial charge in [-0.25, -0.2) is 0 Å². The normalized spacial score (nSPS) is 25.7. The van der Waals surface area contributed by atoms with Crippen LogP contribution in [0.5, 0.6) is 0 Å². The van der Waals surface area contributed by atoms with Crippen LogP contribution in [-0.4, -0.2) is 41.8 Å². The van der Waals surface area contributed by atoms with Gasteiger partial charge in [0.25, 0.3) is 0 Å². The lowest BCUT2D eigenvalue weighted by atomic mass is 9.83. The Morgan fingerprint density at radius 2 is 2.06 bits per heavy atom. The molecule has 1 rings (SSSR count). The number of likely N-dealkylation sites (tertiary alicyclic amines) is 1. The van der Waals surface area contributed by atoms with Crippen LogP contribution in [0.25, 0.3) is 0 Å². The molecule has 2 atom stereocenters. The Labute approximate surface area is 100 Å². The van der Waals surface area contributed by atoms with Crippen LogP contribution < -0.4 is 5.73 Å². The van der Waals surface area contributed by atoms with Gasteiger partial charge in [0.05, 0.1) is 0 Å². The molecule has 1 aliphatic rings. The minimum atomic E-state index is 0.222. The summed E-state index contributed by atoms with van der Waals surface area (Å²) in [4.78, 5) is 2.54. The fourth-order valence-corrected chi connectivity index (χ4v) is 2.88. The van der Waals surface area contributed by atoms with Gasteiger partial charge in [0.1, 0.15) is 0 Å². The average molecular weight is 228 g/mol. The number of nitrogens with zero attached hydrogens (tertiary/aromatic N) is 1. The number of aliphatic hydroxyl groups excluding tert-OH is 1. The van der Waals surface area contributed by atoms with Gasteiger partial charge in [-0.3, -0.25) is 4.90 Å². The molecule has 0 aromatic carbocycles. The van der Waals surface area contributed by atoms with Crippen LogP contribution in [0.1, 0.15) is 46.5 Å². The van der Waals surface area contributed by atoms with E-state index < -0.39 is 0 Å². The molecule has 1 aliphatic heterocycles. The second-order valence-corrected chi connectivity index (χ2v) is 6.02. The molecule has 0 saturated carbocycles. The second kappa shape index (κ2) is 5.99. The molecule has 0 amide bonds. The van der Waals surface area contributed by atoms with E-state index >= 15 is 0 Å². The zero-order valence-corrected chi connectivity index (χ0v) is 11.1. The summed E-state index contributed by atoms with van der Waals surface area (Å²) in [6, 6.07) is 0.968. The first kappa shape index (κ1) is 13.9. The van der Waals surface area contributed by atoms with Gasteiger partial charge in [0.2, 0.25) is 0 Å². The predicted molar refractivity (Wildman–Crippen MR) is 68.3 cm³/mol. The lowest BCUT2D eigenvalue weighted by Gasteiger charge is -2.46. The fraction of sp³-hybridized carbons (Fsp3) is 1.00. The van der Waals surface area contributed by atoms with E-state index in [1.54, 1.807) is 0 Å². The van der Waals surface area contributed by atoms with E-state index in [4.69, 9.17) is 10.8 Å². The Kier molecular flexibility index (Phi) is 5.22. The third-order valence-electron chi connectivity index (χ3n) is 3.76. The zero-order chi connectivity index (χ0) is 12.2. The zero-order valence-electron chi connectivity index (χ0n) is 11.1. The van der Waals surface area contributed by atoms with Crippen molar-refractivity contribution >= 4 is 0 Å². The summed E-state index contributed by atoms with van der Waals surface area (Å²) in [6.07, 6.45) is 4.68. The van der Waals surface area contributed by atoms with Crippen molar-refractivity contribution in [1.82, 2.24) is 4.90 Å². The molecule has 2 unspecified atom stereocenters. The van der Waals surface area contributed by atoms with Crippen LogP contribution >= 0.6 is 0 Å². The highest BCUT2D eigenvalue weighted by Gasteiger charge is 2.34. The maximum atomic E-state index is 9.14. The molecule has 0 aromatic heterocycles. The third-order valence-corrected chi connectivity index (χ3v) is 3.76. The molecule has 3 nitrogen and oxygen atoms in total. The molecule has 0 bridgehead atoms. The number of piperidine rings is 1. The number of aliphatic hydroxyl groups is 1. The number of rotatable bonds is 4. The minimum absolute atomic E-state index is 0.222. The molecule has 1 heterocycles. The maximum absolute atomic E-state index is 9.14. The van der Waals surface area contributed by atoms with Crippen molar-refractivity contribution in [1.29, 1.82) is 0 Å². The third kappa shape index (κ3) is 3.44. The lowest BCUT2D eigenvalue weighted by Crippen LogP contribution is -2.55. The van der Waals surface area contributed by atoms with E-state index in [9.17, 15) is 0 Å². The van der Waals surface area contributed by atoms with E-state index in [0.29, 0.717) is 25.2 Å². The molecule has 0 spiro atoms. The van der Waals surface area contributed by atoms with Crippen molar-refractivity contribution in [3.63, 3.8) is 0 Å². The largest absolute Gasteiger partial charge is 0.396 e. The highest BCUT2D eigenvalue weighted by molar-refractivity contribution is 4.89. The quantitative estimate of drug-likeness (QED) is 0.768. The lowest BCUT2D eigenvalue weighted by molar-refractivity contribution is 0.0277. The SMILES string of the molecule is CC(C)(C)C(CN)N1CCCCC1CCO. The Morgan fingerprint density at radius 1 is 1.38 bits per heavy atom. The second-order valence-electron chi connectivity index (χ2n) is 6.02. The van der Waals surface area contributed by atoms with Crippen molar-refractivity contribution in [3.05, 3.63) is 0 Å². The fourth-order valence-electron chi connectivity index (χ4n) is 2.88. The standard InChI is InChI=1S/C13H28N2O/c1-13(2,3)12(10-14)15-8-5-4-6-11(15)7-9-16/h11-12,16H,4-10,14H2,1-3H3. The van der Waals surface area contributed by atoms with Crippen molar-refractivity contribution in [2.45, 2.75) is 58.5 Å². The van der Waals surface area contributed by atoms with Crippen LogP contribution in [-0.2, 0) is 0 Å². The van der Waals surface area contributed by atoms with Gasteiger partial charge >= 0.3 is 0 Å². The molecule has 3 heteroatoms. The summed E-state index contributed by atoms with van der Waals surface area (Å²) in [5.41, 5.74) is 6.17. The summed E-state index contributed by atoms with van der Waals surface area (Å²) in [7, 11) is 0. The Hall–Kier alpha value is -0.120. The summed E-state index contributed by atoms with van der Waals surface area (Å²) in [5, 5.41) is 9.14. The molecule has 0 aromatic rings. The highest BCUT2D eigenvalue weighted by atomic mass is 16.3. The van der Waals surface area contributed by atoms with E-state index in [-0.39, 0.29) is 5.41 Å². The number of hydrogen-bond donors (Lipinski definition) is 2. The Bertz CT molecular complexity index is 199. The van der Waals surface area contributed by atoms with Gasteiger partial charge in [-0.05, 0) is 31.2 Å². The molecule has 16 heavy (non-hydrogen) atoms. The van der Waals surface area contributed by atoms with Crippen molar-refractivity contribution < 1.29 is 5.11 Å². The number of nitrogens with two attached hydrogens (primary N) is 1. The van der Waals surface area contributed by atoms with Crippen molar-refractivity contribution in [3.8, 4) is 0 Å². The van der Waals surface area contributed by atoms with Crippen LogP contribution in [0.15, 0.2) is 0 Å².